The van der Waals surface area contributed by atoms with Gasteiger partial charge in [0.2, 0.25) is 0 Å². The largest absolute Gasteiger partial charge is 0.497 e. The summed E-state index contributed by atoms with van der Waals surface area (Å²) in [7, 11) is 1.55. The van der Waals surface area contributed by atoms with Gasteiger partial charge in [-0.1, -0.05) is 0 Å². The fraction of sp³-hybridized carbons (Fsp3) is 0.111. The van der Waals surface area contributed by atoms with E-state index >= 15 is 0 Å². The number of nitrogens with zero attached hydrogens (tertiary/aromatic N) is 4. The number of carbonyl (C=O) groups excluding carboxylic acids is 1. The summed E-state index contributed by atoms with van der Waals surface area (Å²) in [4.78, 5) is 18.0. The number of pyridine rings is 1. The maximum absolute atomic E-state index is 12.5. The maximum atomic E-state index is 12.5. The summed E-state index contributed by atoms with van der Waals surface area (Å²) >= 11 is 0. The number of benzene rings is 1. The molecule has 1 aromatic carbocycles. The molecule has 0 saturated carbocycles. The lowest BCUT2D eigenvalue weighted by molar-refractivity contribution is 0.100. The molecule has 0 atom stereocenters. The third kappa shape index (κ3) is 4.19. The molecular weight excluding hydrogens is 304 g/mol. The van der Waals surface area contributed by atoms with Gasteiger partial charge in [-0.2, -0.15) is 10.5 Å². The average Bonchev–Trinajstić information content (AvgIpc) is 2.65. The predicted molar refractivity (Wildman–Crippen MR) is 88.2 cm³/mol. The van der Waals surface area contributed by atoms with Crippen LogP contribution in [0.5, 0.6) is 5.75 Å². The van der Waals surface area contributed by atoms with Crippen LogP contribution in [0.1, 0.15) is 10.4 Å². The van der Waals surface area contributed by atoms with Crippen molar-refractivity contribution in [1.29, 1.82) is 10.5 Å². The molecule has 0 aliphatic heterocycles. The Balaban J connectivity index is 2.28. The van der Waals surface area contributed by atoms with Crippen molar-refractivity contribution in [3.63, 3.8) is 0 Å². The number of hydrogen-bond acceptors (Lipinski definition) is 6. The van der Waals surface area contributed by atoms with Crippen LogP contribution in [-0.4, -0.2) is 24.4 Å². The molecule has 118 valence electrons. The first-order valence-electron chi connectivity index (χ1n) is 7.04. The van der Waals surface area contributed by atoms with Crippen LogP contribution in [0.2, 0.25) is 0 Å². The number of aromatic nitrogens is 1. The quantitative estimate of drug-likeness (QED) is 0.601. The molecule has 1 aromatic heterocycles. The number of methoxy groups -OCH3 is 1. The van der Waals surface area contributed by atoms with Gasteiger partial charge < -0.3 is 9.64 Å². The van der Waals surface area contributed by atoms with Crippen LogP contribution in [0, 0.1) is 22.7 Å². The van der Waals surface area contributed by atoms with E-state index in [0.717, 1.165) is 0 Å². The Morgan fingerprint density at radius 1 is 1.25 bits per heavy atom. The molecule has 0 fully saturated rings. The van der Waals surface area contributed by atoms with Gasteiger partial charge in [0.15, 0.2) is 5.78 Å². The van der Waals surface area contributed by atoms with Crippen molar-refractivity contribution < 1.29 is 9.53 Å². The summed E-state index contributed by atoms with van der Waals surface area (Å²) < 4.78 is 5.07. The van der Waals surface area contributed by atoms with E-state index in [1.807, 2.05) is 0 Å². The van der Waals surface area contributed by atoms with E-state index in [0.29, 0.717) is 17.0 Å². The van der Waals surface area contributed by atoms with E-state index in [2.05, 4.69) is 4.98 Å². The second-order valence-corrected chi connectivity index (χ2v) is 4.76. The zero-order chi connectivity index (χ0) is 17.4. The summed E-state index contributed by atoms with van der Waals surface area (Å²) in [6, 6.07) is 13.8. The minimum absolute atomic E-state index is 0.0229. The number of nitriles is 2. The van der Waals surface area contributed by atoms with Gasteiger partial charge in [0, 0.05) is 18.0 Å². The highest BCUT2D eigenvalue weighted by Crippen LogP contribution is 2.16. The van der Waals surface area contributed by atoms with Crippen LogP contribution >= 0.6 is 0 Å². The lowest BCUT2D eigenvalue weighted by atomic mass is 10.1. The molecule has 0 radical (unpaired) electrons. The molecule has 6 heteroatoms. The number of Topliss-reactive ketones (excluding diaryl/α,β-unsaturated/α-hetero) is 1. The number of hydrogen-bond donors (Lipinski definition) is 0. The van der Waals surface area contributed by atoms with E-state index in [-0.39, 0.29) is 17.9 Å². The van der Waals surface area contributed by atoms with Crippen LogP contribution < -0.4 is 9.64 Å². The summed E-state index contributed by atoms with van der Waals surface area (Å²) in [5.74, 6) is 0.500. The Bertz CT molecular complexity index is 799. The molecule has 2 aromatic rings. The van der Waals surface area contributed by atoms with Gasteiger partial charge in [0.25, 0.3) is 0 Å². The molecule has 6 nitrogen and oxygen atoms in total. The fourth-order valence-electron chi connectivity index (χ4n) is 2.00. The third-order valence-electron chi connectivity index (χ3n) is 3.23. The molecule has 1 heterocycles. The summed E-state index contributed by atoms with van der Waals surface area (Å²) in [6.45, 7) is -0.0229. The highest BCUT2D eigenvalue weighted by molar-refractivity contribution is 5.99. The SMILES string of the molecule is COc1ccc(C(=O)CN(C=C(C#N)C#N)c2cccnc2)cc1. The summed E-state index contributed by atoms with van der Waals surface area (Å²) in [5.41, 5.74) is 1.03. The number of carbonyl (C=O) groups is 1. The third-order valence-corrected chi connectivity index (χ3v) is 3.23. The predicted octanol–water partition coefficient (Wildman–Crippen LogP) is 2.71. The smallest absolute Gasteiger partial charge is 0.182 e. The van der Waals surface area contributed by atoms with Crippen molar-refractivity contribution in [2.45, 2.75) is 0 Å². The number of ether oxygens (including phenoxy) is 1. The molecule has 0 unspecified atom stereocenters. The van der Waals surface area contributed by atoms with Crippen molar-refractivity contribution >= 4 is 11.5 Å². The molecule has 0 bridgehead atoms. The first kappa shape index (κ1) is 16.7. The van der Waals surface area contributed by atoms with E-state index in [1.165, 1.54) is 11.1 Å². The molecule has 0 amide bonds. The maximum Gasteiger partial charge on any atom is 0.182 e. The van der Waals surface area contributed by atoms with Crippen LogP contribution in [-0.2, 0) is 0 Å². The molecule has 2 rings (SSSR count). The number of rotatable bonds is 6. The molecule has 24 heavy (non-hydrogen) atoms. The molecule has 0 saturated heterocycles. The lowest BCUT2D eigenvalue weighted by Crippen LogP contribution is -2.25. The van der Waals surface area contributed by atoms with Gasteiger partial charge >= 0.3 is 0 Å². The first-order chi connectivity index (χ1) is 11.7. The standard InChI is InChI=1S/C18H14N4O2/c1-24-17-6-4-15(5-7-17)18(23)13-22(12-14(9-19)10-20)16-3-2-8-21-11-16/h2-8,11-12H,13H2,1H3. The van der Waals surface area contributed by atoms with Crippen LogP contribution in [0.15, 0.2) is 60.6 Å². The highest BCUT2D eigenvalue weighted by atomic mass is 16.5. The molecule has 0 aliphatic rings. The Morgan fingerprint density at radius 2 is 1.96 bits per heavy atom. The minimum atomic E-state index is -0.159. The molecular formula is C18H14N4O2. The fourth-order valence-corrected chi connectivity index (χ4v) is 2.00. The van der Waals surface area contributed by atoms with Gasteiger partial charge in [-0.05, 0) is 36.4 Å². The topological polar surface area (TPSA) is 90.0 Å². The Labute approximate surface area is 139 Å². The second kappa shape index (κ2) is 8.11. The van der Waals surface area contributed by atoms with Gasteiger partial charge in [-0.25, -0.2) is 0 Å². The van der Waals surface area contributed by atoms with E-state index in [9.17, 15) is 4.79 Å². The normalized spacial score (nSPS) is 9.29. The zero-order valence-electron chi connectivity index (χ0n) is 13.0. The first-order valence-corrected chi connectivity index (χ1v) is 7.04. The van der Waals surface area contributed by atoms with Gasteiger partial charge in [-0.3, -0.25) is 9.78 Å². The number of ketones is 1. The van der Waals surface area contributed by atoms with Gasteiger partial charge in [-0.15, -0.1) is 0 Å². The Hall–Kier alpha value is -3.64. The zero-order valence-corrected chi connectivity index (χ0v) is 13.0. The second-order valence-electron chi connectivity index (χ2n) is 4.76. The van der Waals surface area contributed by atoms with Gasteiger partial charge in [0.05, 0.1) is 25.5 Å². The number of anilines is 1. The number of allylic oxidation sites excluding steroid dienone is 1. The van der Waals surface area contributed by atoms with Crippen molar-refractivity contribution in [1.82, 2.24) is 4.98 Å². The monoisotopic (exact) mass is 318 g/mol. The Morgan fingerprint density at radius 3 is 2.50 bits per heavy atom. The van der Waals surface area contributed by atoms with Crippen molar-refractivity contribution in [3.05, 3.63) is 66.1 Å². The lowest BCUT2D eigenvalue weighted by Gasteiger charge is -2.19. The van der Waals surface area contributed by atoms with Crippen LogP contribution in [0.4, 0.5) is 5.69 Å². The molecule has 0 N–H and O–H groups in total. The van der Waals surface area contributed by atoms with E-state index < -0.39 is 0 Å². The Kier molecular flexibility index (Phi) is 5.65. The van der Waals surface area contributed by atoms with E-state index in [4.69, 9.17) is 15.3 Å². The van der Waals surface area contributed by atoms with Crippen molar-refractivity contribution in [3.8, 4) is 17.9 Å². The van der Waals surface area contributed by atoms with Crippen LogP contribution in [0.25, 0.3) is 0 Å². The molecule has 0 aliphatic carbocycles. The van der Waals surface area contributed by atoms with E-state index in [1.54, 1.807) is 68.0 Å². The summed E-state index contributed by atoms with van der Waals surface area (Å²) in [5, 5.41) is 17.9. The molecule has 0 spiro atoms. The van der Waals surface area contributed by atoms with Gasteiger partial charge in [0.1, 0.15) is 23.5 Å². The van der Waals surface area contributed by atoms with Crippen molar-refractivity contribution in [2.24, 2.45) is 0 Å². The van der Waals surface area contributed by atoms with Crippen LogP contribution in [0.3, 0.4) is 0 Å². The average molecular weight is 318 g/mol. The van der Waals surface area contributed by atoms with Crippen molar-refractivity contribution in [2.75, 3.05) is 18.6 Å². The highest BCUT2D eigenvalue weighted by Gasteiger charge is 2.13. The summed E-state index contributed by atoms with van der Waals surface area (Å²) in [6.07, 6.45) is 4.51. The minimum Gasteiger partial charge on any atom is -0.497 e.